The van der Waals surface area contributed by atoms with Crippen LogP contribution in [0.15, 0.2) is 12.3 Å². The lowest BCUT2D eigenvalue weighted by Gasteiger charge is -2.11. The first kappa shape index (κ1) is 14.2. The van der Waals surface area contributed by atoms with E-state index in [0.29, 0.717) is 24.1 Å². The summed E-state index contributed by atoms with van der Waals surface area (Å²) in [6.07, 6.45) is 6.32. The second kappa shape index (κ2) is 5.84. The van der Waals surface area contributed by atoms with Gasteiger partial charge in [-0.2, -0.15) is 0 Å². The first-order valence-corrected chi connectivity index (χ1v) is 6.61. The summed E-state index contributed by atoms with van der Waals surface area (Å²) in [5.74, 6) is 1.72. The number of carbonyl (C=O) groups excluding carboxylic acids is 1. The molecule has 5 nitrogen and oxygen atoms in total. The molecule has 0 spiro atoms. The van der Waals surface area contributed by atoms with Crippen LogP contribution in [0.2, 0.25) is 0 Å². The molecule has 2 fully saturated rings. The van der Waals surface area contributed by atoms with Crippen molar-refractivity contribution in [2.75, 3.05) is 6.54 Å². The van der Waals surface area contributed by atoms with Crippen molar-refractivity contribution < 1.29 is 4.79 Å². The summed E-state index contributed by atoms with van der Waals surface area (Å²) in [7, 11) is 0. The third-order valence-electron chi connectivity index (χ3n) is 3.58. The largest absolute Gasteiger partial charge is 0.349 e. The predicted octanol–water partition coefficient (Wildman–Crippen LogP) is 1.24. The quantitative estimate of drug-likeness (QED) is 0.851. The summed E-state index contributed by atoms with van der Waals surface area (Å²) < 4.78 is 0. The van der Waals surface area contributed by atoms with Crippen molar-refractivity contribution in [3.05, 3.63) is 23.8 Å². The average molecular weight is 283 g/mol. The molecule has 2 saturated carbocycles. The summed E-state index contributed by atoms with van der Waals surface area (Å²) in [5.41, 5.74) is 6.40. The molecule has 0 aliphatic heterocycles. The van der Waals surface area contributed by atoms with Crippen LogP contribution in [0.5, 0.6) is 0 Å². The molecule has 0 radical (unpaired) electrons. The molecule has 1 aromatic rings. The minimum atomic E-state index is -0.143. The number of nitrogens with one attached hydrogen (secondary N) is 1. The van der Waals surface area contributed by atoms with E-state index in [9.17, 15) is 4.79 Å². The minimum absolute atomic E-state index is 0. The van der Waals surface area contributed by atoms with E-state index in [0.717, 1.165) is 18.7 Å². The van der Waals surface area contributed by atoms with Gasteiger partial charge in [-0.05, 0) is 37.7 Å². The first-order valence-electron chi connectivity index (χ1n) is 6.61. The Morgan fingerprint density at radius 2 is 2.16 bits per heavy atom. The summed E-state index contributed by atoms with van der Waals surface area (Å²) in [6.45, 7) is 0.534. The summed E-state index contributed by atoms with van der Waals surface area (Å²) >= 11 is 0. The van der Waals surface area contributed by atoms with Crippen LogP contribution in [0, 0.1) is 5.92 Å². The van der Waals surface area contributed by atoms with Gasteiger partial charge in [-0.25, -0.2) is 9.97 Å². The molecule has 19 heavy (non-hydrogen) atoms. The molecule has 0 bridgehead atoms. The van der Waals surface area contributed by atoms with Gasteiger partial charge in [0.25, 0.3) is 5.91 Å². The molecule has 1 atom stereocenters. The zero-order chi connectivity index (χ0) is 12.5. The third-order valence-corrected chi connectivity index (χ3v) is 3.58. The number of amides is 1. The molecule has 3 rings (SSSR count). The van der Waals surface area contributed by atoms with E-state index < -0.39 is 0 Å². The predicted molar refractivity (Wildman–Crippen MR) is 74.3 cm³/mol. The van der Waals surface area contributed by atoms with E-state index in [1.165, 1.54) is 12.8 Å². The number of halogens is 1. The van der Waals surface area contributed by atoms with Crippen LogP contribution < -0.4 is 11.1 Å². The van der Waals surface area contributed by atoms with Crippen LogP contribution in [-0.2, 0) is 0 Å². The van der Waals surface area contributed by atoms with E-state index in [1.54, 1.807) is 12.3 Å². The number of carbonyl (C=O) groups is 1. The van der Waals surface area contributed by atoms with Crippen molar-refractivity contribution in [3.63, 3.8) is 0 Å². The Bertz CT molecular complexity index is 460. The van der Waals surface area contributed by atoms with Crippen molar-refractivity contribution >= 4 is 18.3 Å². The highest BCUT2D eigenvalue weighted by Gasteiger charge is 2.29. The lowest BCUT2D eigenvalue weighted by Crippen LogP contribution is -2.38. The third kappa shape index (κ3) is 3.64. The van der Waals surface area contributed by atoms with Crippen LogP contribution in [0.3, 0.4) is 0 Å². The van der Waals surface area contributed by atoms with Gasteiger partial charge in [-0.1, -0.05) is 0 Å². The first-order chi connectivity index (χ1) is 8.74. The lowest BCUT2D eigenvalue weighted by molar-refractivity contribution is 0.0945. The smallest absolute Gasteiger partial charge is 0.270 e. The molecule has 104 valence electrons. The van der Waals surface area contributed by atoms with Crippen molar-refractivity contribution in [2.45, 2.75) is 37.6 Å². The SMILES string of the molecule is Cl.NC(CNC(=O)c1ccnc(C2CC2)n1)C1CC1. The molecule has 0 aromatic carbocycles. The Kier molecular flexibility index (Phi) is 4.37. The highest BCUT2D eigenvalue weighted by atomic mass is 35.5. The number of nitrogens with zero attached hydrogens (tertiary/aromatic N) is 2. The number of rotatable bonds is 5. The number of hydrogen-bond donors (Lipinski definition) is 2. The molecular formula is C13H19ClN4O. The second-order valence-electron chi connectivity index (χ2n) is 5.29. The fourth-order valence-electron chi connectivity index (χ4n) is 2.03. The summed E-state index contributed by atoms with van der Waals surface area (Å²) in [5, 5.41) is 2.85. The zero-order valence-corrected chi connectivity index (χ0v) is 11.5. The Hall–Kier alpha value is -1.20. The maximum absolute atomic E-state index is 11.9. The van der Waals surface area contributed by atoms with Gasteiger partial charge in [0, 0.05) is 24.7 Å². The van der Waals surface area contributed by atoms with Crippen LogP contribution in [-0.4, -0.2) is 28.5 Å². The zero-order valence-electron chi connectivity index (χ0n) is 10.7. The Balaban J connectivity index is 0.00000133. The van der Waals surface area contributed by atoms with E-state index >= 15 is 0 Å². The van der Waals surface area contributed by atoms with Gasteiger partial charge in [0.15, 0.2) is 0 Å². The molecule has 1 aromatic heterocycles. The maximum atomic E-state index is 11.9. The van der Waals surface area contributed by atoms with Gasteiger partial charge in [0.05, 0.1) is 0 Å². The molecule has 3 N–H and O–H groups in total. The van der Waals surface area contributed by atoms with Gasteiger partial charge in [0.1, 0.15) is 11.5 Å². The number of hydrogen-bond acceptors (Lipinski definition) is 4. The summed E-state index contributed by atoms with van der Waals surface area (Å²) in [6, 6.07) is 1.74. The molecule has 2 aliphatic carbocycles. The summed E-state index contributed by atoms with van der Waals surface area (Å²) in [4.78, 5) is 20.4. The standard InChI is InChI=1S/C13H18N4O.ClH/c14-10(8-1-2-8)7-16-13(18)11-5-6-15-12(17-11)9-3-4-9;/h5-6,8-10H,1-4,7,14H2,(H,16,18);1H. The van der Waals surface area contributed by atoms with Crippen molar-refractivity contribution in [1.29, 1.82) is 0 Å². The maximum Gasteiger partial charge on any atom is 0.270 e. The van der Waals surface area contributed by atoms with Crippen molar-refractivity contribution in [2.24, 2.45) is 11.7 Å². The molecule has 1 unspecified atom stereocenters. The second-order valence-corrected chi connectivity index (χ2v) is 5.29. The molecule has 6 heteroatoms. The molecule has 0 saturated heterocycles. The Labute approximate surface area is 118 Å². The van der Waals surface area contributed by atoms with Gasteiger partial charge >= 0.3 is 0 Å². The highest BCUT2D eigenvalue weighted by Crippen LogP contribution is 2.37. The molecule has 2 aliphatic rings. The van der Waals surface area contributed by atoms with Gasteiger partial charge in [0.2, 0.25) is 0 Å². The van der Waals surface area contributed by atoms with Crippen molar-refractivity contribution in [3.8, 4) is 0 Å². The fourth-order valence-corrected chi connectivity index (χ4v) is 2.03. The van der Waals surface area contributed by atoms with Crippen LogP contribution >= 0.6 is 12.4 Å². The van der Waals surface area contributed by atoms with Crippen LogP contribution in [0.4, 0.5) is 0 Å². The van der Waals surface area contributed by atoms with E-state index in [4.69, 9.17) is 5.73 Å². The van der Waals surface area contributed by atoms with Gasteiger partial charge in [-0.15, -0.1) is 12.4 Å². The highest BCUT2D eigenvalue weighted by molar-refractivity contribution is 5.92. The normalized spacial score (nSPS) is 19.4. The lowest BCUT2D eigenvalue weighted by atomic mass is 10.2. The fraction of sp³-hybridized carbons (Fsp3) is 0.615. The van der Waals surface area contributed by atoms with Crippen molar-refractivity contribution in [1.82, 2.24) is 15.3 Å². The number of nitrogens with two attached hydrogens (primary N) is 1. The molecule has 1 amide bonds. The molecule has 1 heterocycles. The molecular weight excluding hydrogens is 264 g/mol. The van der Waals surface area contributed by atoms with Crippen LogP contribution in [0.1, 0.15) is 47.9 Å². The average Bonchev–Trinajstić information content (AvgIpc) is 3.27. The minimum Gasteiger partial charge on any atom is -0.349 e. The van der Waals surface area contributed by atoms with Gasteiger partial charge in [-0.3, -0.25) is 4.79 Å². The Morgan fingerprint density at radius 1 is 1.42 bits per heavy atom. The Morgan fingerprint density at radius 3 is 2.79 bits per heavy atom. The van der Waals surface area contributed by atoms with E-state index in [-0.39, 0.29) is 24.4 Å². The van der Waals surface area contributed by atoms with Crippen LogP contribution in [0.25, 0.3) is 0 Å². The van der Waals surface area contributed by atoms with Gasteiger partial charge < -0.3 is 11.1 Å². The topological polar surface area (TPSA) is 80.9 Å². The van der Waals surface area contributed by atoms with E-state index in [1.807, 2.05) is 0 Å². The monoisotopic (exact) mass is 282 g/mol. The number of aromatic nitrogens is 2. The van der Waals surface area contributed by atoms with E-state index in [2.05, 4.69) is 15.3 Å².